The first-order chi connectivity index (χ1) is 13.0. The summed E-state index contributed by atoms with van der Waals surface area (Å²) in [5, 5.41) is 3.16. The number of halogens is 1. The van der Waals surface area contributed by atoms with Gasteiger partial charge in [0.05, 0.1) is 6.54 Å². The third-order valence-corrected chi connectivity index (χ3v) is 4.79. The molecule has 1 amide bonds. The zero-order chi connectivity index (χ0) is 19.2. The maximum atomic E-state index is 11.8. The summed E-state index contributed by atoms with van der Waals surface area (Å²) in [6, 6.07) is 16.4. The lowest BCUT2D eigenvalue weighted by atomic mass is 10.0. The lowest BCUT2D eigenvalue weighted by Crippen LogP contribution is -2.24. The fourth-order valence-electron chi connectivity index (χ4n) is 3.26. The molecule has 6 heteroatoms. The van der Waals surface area contributed by atoms with Crippen molar-refractivity contribution in [2.45, 2.75) is 45.7 Å². The van der Waals surface area contributed by atoms with Crippen molar-refractivity contribution in [3.63, 3.8) is 0 Å². The van der Waals surface area contributed by atoms with Crippen molar-refractivity contribution < 1.29 is 4.79 Å². The Morgan fingerprint density at radius 1 is 1.18 bits per heavy atom. The van der Waals surface area contributed by atoms with Crippen LogP contribution in [0.15, 0.2) is 53.5 Å². The number of aliphatic imine (C=N–C) groups is 1. The predicted molar refractivity (Wildman–Crippen MR) is 126 cm³/mol. The molecule has 0 saturated carbocycles. The minimum atomic E-state index is 0. The molecular formula is C22H29IN4O. The Kier molecular flexibility index (Phi) is 8.29. The first-order valence-corrected chi connectivity index (χ1v) is 9.54. The summed E-state index contributed by atoms with van der Waals surface area (Å²) < 4.78 is 0. The molecule has 0 radical (unpaired) electrons. The van der Waals surface area contributed by atoms with E-state index in [0.29, 0.717) is 31.4 Å². The number of benzene rings is 2. The van der Waals surface area contributed by atoms with Gasteiger partial charge in [-0.15, -0.1) is 24.0 Å². The molecule has 0 spiro atoms. The average molecular weight is 492 g/mol. The summed E-state index contributed by atoms with van der Waals surface area (Å²) in [4.78, 5) is 18.2. The molecule has 0 unspecified atom stereocenters. The molecule has 0 bridgehead atoms. The van der Waals surface area contributed by atoms with Crippen molar-refractivity contribution in [2.75, 3.05) is 11.9 Å². The van der Waals surface area contributed by atoms with Crippen LogP contribution in [0.3, 0.4) is 0 Å². The van der Waals surface area contributed by atoms with Crippen molar-refractivity contribution in [3.8, 4) is 0 Å². The SMILES string of the molecule is CC(C)c1cccc(NC(N)=NCc2cccc(CN3CCCC3=O)c2)c1.I. The molecule has 2 aromatic carbocycles. The molecule has 5 nitrogen and oxygen atoms in total. The predicted octanol–water partition coefficient (Wildman–Crippen LogP) is 4.48. The molecule has 3 N–H and O–H groups in total. The van der Waals surface area contributed by atoms with Crippen LogP contribution in [-0.2, 0) is 17.9 Å². The zero-order valence-electron chi connectivity index (χ0n) is 16.5. The number of hydrogen-bond acceptors (Lipinski definition) is 2. The third kappa shape index (κ3) is 6.22. The van der Waals surface area contributed by atoms with Crippen LogP contribution in [0.25, 0.3) is 0 Å². The van der Waals surface area contributed by atoms with Crippen molar-refractivity contribution >= 4 is 41.5 Å². The Labute approximate surface area is 184 Å². The molecule has 1 aliphatic heterocycles. The molecule has 0 aliphatic carbocycles. The minimum Gasteiger partial charge on any atom is -0.370 e. The number of carbonyl (C=O) groups excluding carboxylic acids is 1. The number of nitrogens with two attached hydrogens (primary N) is 1. The van der Waals surface area contributed by atoms with Gasteiger partial charge in [0, 0.05) is 25.2 Å². The molecule has 3 rings (SSSR count). The fourth-order valence-corrected chi connectivity index (χ4v) is 3.26. The lowest BCUT2D eigenvalue weighted by Gasteiger charge is -2.15. The highest BCUT2D eigenvalue weighted by Crippen LogP contribution is 2.18. The lowest BCUT2D eigenvalue weighted by molar-refractivity contribution is -0.128. The summed E-state index contributed by atoms with van der Waals surface area (Å²) in [5.74, 6) is 1.11. The van der Waals surface area contributed by atoms with Gasteiger partial charge in [0.1, 0.15) is 0 Å². The molecule has 1 fully saturated rings. The van der Waals surface area contributed by atoms with Crippen LogP contribution < -0.4 is 11.1 Å². The zero-order valence-corrected chi connectivity index (χ0v) is 18.9. The van der Waals surface area contributed by atoms with Crippen LogP contribution in [0.5, 0.6) is 0 Å². The Morgan fingerprint density at radius 2 is 1.93 bits per heavy atom. The van der Waals surface area contributed by atoms with Crippen LogP contribution in [0.1, 0.15) is 49.3 Å². The van der Waals surface area contributed by atoms with Gasteiger partial charge in [0.15, 0.2) is 5.96 Å². The third-order valence-electron chi connectivity index (χ3n) is 4.79. The maximum Gasteiger partial charge on any atom is 0.222 e. The summed E-state index contributed by atoms with van der Waals surface area (Å²) in [5.41, 5.74) is 10.5. The van der Waals surface area contributed by atoms with Crippen molar-refractivity contribution in [3.05, 3.63) is 65.2 Å². The number of amides is 1. The molecule has 1 saturated heterocycles. The van der Waals surface area contributed by atoms with E-state index in [-0.39, 0.29) is 29.9 Å². The van der Waals surface area contributed by atoms with E-state index in [4.69, 9.17) is 5.73 Å². The summed E-state index contributed by atoms with van der Waals surface area (Å²) in [6.45, 7) is 6.36. The number of nitrogens with zero attached hydrogens (tertiary/aromatic N) is 2. The average Bonchev–Trinajstić information content (AvgIpc) is 3.05. The Hall–Kier alpha value is -2.09. The van der Waals surface area contributed by atoms with Gasteiger partial charge in [-0.05, 0) is 41.2 Å². The molecule has 0 aromatic heterocycles. The Morgan fingerprint density at radius 3 is 2.64 bits per heavy atom. The van der Waals surface area contributed by atoms with E-state index in [1.807, 2.05) is 29.2 Å². The highest BCUT2D eigenvalue weighted by atomic mass is 127. The highest BCUT2D eigenvalue weighted by Gasteiger charge is 2.19. The van der Waals surface area contributed by atoms with Crippen molar-refractivity contribution in [1.29, 1.82) is 0 Å². The molecule has 0 atom stereocenters. The van der Waals surface area contributed by atoms with E-state index in [1.165, 1.54) is 5.56 Å². The number of carbonyl (C=O) groups is 1. The van der Waals surface area contributed by atoms with Crippen molar-refractivity contribution in [2.24, 2.45) is 10.7 Å². The maximum absolute atomic E-state index is 11.8. The number of rotatable bonds is 6. The van der Waals surface area contributed by atoms with Gasteiger partial charge in [-0.2, -0.15) is 0 Å². The van der Waals surface area contributed by atoms with E-state index >= 15 is 0 Å². The van der Waals surface area contributed by atoms with Crippen molar-refractivity contribution in [1.82, 2.24) is 4.90 Å². The van der Waals surface area contributed by atoms with Crippen LogP contribution in [0, 0.1) is 0 Å². The second-order valence-electron chi connectivity index (χ2n) is 7.35. The molecule has 28 heavy (non-hydrogen) atoms. The quantitative estimate of drug-likeness (QED) is 0.355. The fraction of sp³-hybridized carbons (Fsp3) is 0.364. The highest BCUT2D eigenvalue weighted by molar-refractivity contribution is 14.0. The van der Waals surface area contributed by atoms with E-state index in [9.17, 15) is 4.79 Å². The molecule has 1 aliphatic rings. The largest absolute Gasteiger partial charge is 0.370 e. The molecule has 2 aromatic rings. The van der Waals surface area contributed by atoms with Gasteiger partial charge in [0.25, 0.3) is 0 Å². The van der Waals surface area contributed by atoms with Crippen LogP contribution in [0.4, 0.5) is 5.69 Å². The van der Waals surface area contributed by atoms with Crippen LogP contribution in [-0.4, -0.2) is 23.3 Å². The van der Waals surface area contributed by atoms with Gasteiger partial charge in [-0.25, -0.2) is 4.99 Å². The van der Waals surface area contributed by atoms with Crippen LogP contribution >= 0.6 is 24.0 Å². The first kappa shape index (κ1) is 22.2. The first-order valence-electron chi connectivity index (χ1n) is 9.54. The normalized spacial score (nSPS) is 14.3. The van der Waals surface area contributed by atoms with E-state index in [2.05, 4.69) is 48.4 Å². The summed E-state index contributed by atoms with van der Waals surface area (Å²) in [6.07, 6.45) is 1.63. The second-order valence-corrected chi connectivity index (χ2v) is 7.35. The van der Waals surface area contributed by atoms with E-state index in [1.54, 1.807) is 0 Å². The molecule has 1 heterocycles. The summed E-state index contributed by atoms with van der Waals surface area (Å²) in [7, 11) is 0. The van der Waals surface area contributed by atoms with E-state index in [0.717, 1.165) is 29.8 Å². The Bertz CT molecular complexity index is 835. The van der Waals surface area contributed by atoms with E-state index < -0.39 is 0 Å². The summed E-state index contributed by atoms with van der Waals surface area (Å²) >= 11 is 0. The number of likely N-dealkylation sites (tertiary alicyclic amines) is 1. The molecule has 150 valence electrons. The smallest absolute Gasteiger partial charge is 0.222 e. The van der Waals surface area contributed by atoms with Gasteiger partial charge >= 0.3 is 0 Å². The number of anilines is 1. The molecular weight excluding hydrogens is 463 g/mol. The second kappa shape index (κ2) is 10.5. The monoisotopic (exact) mass is 492 g/mol. The standard InChI is InChI=1S/C22H28N4O.HI/c1-16(2)19-8-4-9-20(13-19)25-22(23)24-14-17-6-3-7-18(12-17)15-26-11-5-10-21(26)27;/h3-4,6-9,12-13,16H,5,10-11,14-15H2,1-2H3,(H3,23,24,25);1H. The Balaban J connectivity index is 0.00000280. The van der Waals surface area contributed by atoms with Gasteiger partial charge < -0.3 is 16.0 Å². The van der Waals surface area contributed by atoms with Gasteiger partial charge in [-0.1, -0.05) is 50.2 Å². The number of nitrogens with one attached hydrogen (secondary N) is 1. The number of guanidine groups is 1. The van der Waals surface area contributed by atoms with Gasteiger partial charge in [-0.3, -0.25) is 4.79 Å². The number of hydrogen-bond donors (Lipinski definition) is 2. The van der Waals surface area contributed by atoms with Crippen LogP contribution in [0.2, 0.25) is 0 Å². The minimum absolute atomic E-state index is 0. The topological polar surface area (TPSA) is 70.7 Å². The van der Waals surface area contributed by atoms with Gasteiger partial charge in [0.2, 0.25) is 5.91 Å².